The number of rotatable bonds is 11. The average Bonchev–Trinajstić information content (AvgIpc) is 3.37. The number of hydrogen-bond acceptors (Lipinski definition) is 7. The van der Waals surface area contributed by atoms with E-state index in [1.807, 2.05) is 0 Å². The molecule has 0 saturated carbocycles. The number of alkyl halides is 3. The Morgan fingerprint density at radius 3 is 1.97 bits per heavy atom. The van der Waals surface area contributed by atoms with E-state index in [2.05, 4.69) is 14.8 Å². The number of aliphatic hydroxyl groups is 1. The molecule has 3 rings (SSSR count). The Kier molecular flexibility index (Phi) is 8.66. The largest absolute Gasteiger partial charge is 0.421 e. The van der Waals surface area contributed by atoms with Crippen LogP contribution in [-0.4, -0.2) is 47.2 Å². The highest BCUT2D eigenvalue weighted by atomic mass is 32.2. The van der Waals surface area contributed by atoms with Crippen molar-refractivity contribution in [2.75, 3.05) is 18.4 Å². The Bertz CT molecular complexity index is 1390. The Balaban J connectivity index is 1.79. The van der Waals surface area contributed by atoms with Gasteiger partial charge in [-0.3, -0.25) is 0 Å². The summed E-state index contributed by atoms with van der Waals surface area (Å²) in [6.45, 7) is -0.0231. The summed E-state index contributed by atoms with van der Waals surface area (Å²) < 4.78 is 107. The van der Waals surface area contributed by atoms with E-state index in [9.17, 15) is 39.5 Å². The molecule has 2 aromatic carbocycles. The third-order valence-corrected chi connectivity index (χ3v) is 9.55. The molecule has 1 aromatic heterocycles. The first-order valence-corrected chi connectivity index (χ1v) is 14.4. The fraction of sp³-hybridized carbons (Fsp3) is 0.273. The lowest BCUT2D eigenvalue weighted by Gasteiger charge is -2.27. The Morgan fingerprint density at radius 1 is 0.892 bits per heavy atom. The first-order valence-electron chi connectivity index (χ1n) is 10.6. The van der Waals surface area contributed by atoms with Crippen LogP contribution in [0.15, 0.2) is 75.1 Å². The monoisotopic (exact) mass is 581 g/mol. The third kappa shape index (κ3) is 7.27. The quantitative estimate of drug-likeness (QED) is 0.258. The molecule has 0 spiro atoms. The van der Waals surface area contributed by atoms with E-state index >= 15 is 0 Å². The zero-order chi connectivity index (χ0) is 27.5. The maximum Gasteiger partial charge on any atom is 0.421 e. The second kappa shape index (κ2) is 11.0. The number of benzene rings is 2. The number of thiophene rings is 1. The van der Waals surface area contributed by atoms with E-state index in [1.165, 1.54) is 18.2 Å². The van der Waals surface area contributed by atoms with Gasteiger partial charge < -0.3 is 10.4 Å². The van der Waals surface area contributed by atoms with Gasteiger partial charge >= 0.3 is 6.18 Å². The van der Waals surface area contributed by atoms with Crippen LogP contribution in [0.5, 0.6) is 0 Å². The Labute approximate surface area is 215 Å². The van der Waals surface area contributed by atoms with Gasteiger partial charge in [0.15, 0.2) is 5.60 Å². The molecule has 2 atom stereocenters. The van der Waals surface area contributed by atoms with Gasteiger partial charge in [0, 0.05) is 18.8 Å². The predicted molar refractivity (Wildman–Crippen MR) is 131 cm³/mol. The zero-order valence-corrected chi connectivity index (χ0v) is 21.6. The van der Waals surface area contributed by atoms with Crippen LogP contribution in [0.2, 0.25) is 0 Å². The molecule has 0 amide bonds. The lowest BCUT2D eigenvalue weighted by atomic mass is 9.95. The first-order chi connectivity index (χ1) is 17.1. The molecular formula is C22H23F4N3O5S3. The van der Waals surface area contributed by atoms with Crippen LogP contribution in [0, 0.1) is 5.82 Å². The van der Waals surface area contributed by atoms with Crippen molar-refractivity contribution in [3.8, 4) is 0 Å². The second-order valence-electron chi connectivity index (χ2n) is 8.08. The molecule has 0 bridgehead atoms. The van der Waals surface area contributed by atoms with Crippen molar-refractivity contribution < 1.29 is 39.5 Å². The predicted octanol–water partition coefficient (Wildman–Crippen LogP) is 3.39. The van der Waals surface area contributed by atoms with Crippen molar-refractivity contribution in [2.24, 2.45) is 0 Å². The lowest BCUT2D eigenvalue weighted by molar-refractivity contribution is -0.258. The average molecular weight is 582 g/mol. The van der Waals surface area contributed by atoms with Crippen molar-refractivity contribution in [3.05, 3.63) is 77.4 Å². The smallest absolute Gasteiger partial charge is 0.380 e. The molecule has 0 saturated heterocycles. The van der Waals surface area contributed by atoms with Crippen molar-refractivity contribution in [2.45, 2.75) is 33.8 Å². The van der Waals surface area contributed by atoms with Gasteiger partial charge in [0.1, 0.15) is 10.0 Å². The molecule has 37 heavy (non-hydrogen) atoms. The molecule has 0 aliphatic carbocycles. The number of nitrogens with one attached hydrogen (secondary N) is 3. The summed E-state index contributed by atoms with van der Waals surface area (Å²) in [6.07, 6.45) is -4.91. The topological polar surface area (TPSA) is 125 Å². The zero-order valence-electron chi connectivity index (χ0n) is 19.2. The van der Waals surface area contributed by atoms with Gasteiger partial charge in [0.05, 0.1) is 10.9 Å². The third-order valence-electron chi connectivity index (χ3n) is 5.29. The van der Waals surface area contributed by atoms with Crippen LogP contribution < -0.4 is 14.8 Å². The SMILES string of the molecule is C[C@@](O)(c1ccc(N[C@@H](CNS(=O)(=O)c2ccc(F)cc2)CNS(=O)(=O)c2cccs2)cc1)C(F)(F)F. The van der Waals surface area contributed by atoms with E-state index in [0.717, 1.165) is 47.7 Å². The molecule has 3 aromatic rings. The number of sulfonamides is 2. The van der Waals surface area contributed by atoms with Gasteiger partial charge in [-0.25, -0.2) is 30.7 Å². The minimum absolute atomic E-state index is 0.0388. The van der Waals surface area contributed by atoms with Gasteiger partial charge in [0.25, 0.3) is 0 Å². The van der Waals surface area contributed by atoms with E-state index in [-0.39, 0.29) is 27.9 Å². The fourth-order valence-corrected chi connectivity index (χ4v) is 6.27. The number of hydrogen-bond donors (Lipinski definition) is 4. The van der Waals surface area contributed by atoms with E-state index in [0.29, 0.717) is 6.92 Å². The molecule has 0 aliphatic heterocycles. The molecule has 4 N–H and O–H groups in total. The first kappa shape index (κ1) is 29.0. The Hall–Kier alpha value is -2.56. The van der Waals surface area contributed by atoms with Crippen molar-refractivity contribution in [1.29, 1.82) is 0 Å². The second-order valence-corrected chi connectivity index (χ2v) is 12.8. The van der Waals surface area contributed by atoms with Gasteiger partial charge in [-0.15, -0.1) is 11.3 Å². The standard InChI is InChI=1S/C22H23F4N3O5S3/c1-21(30,22(24,25)26)15-4-8-17(9-5-15)29-18(14-28-37(33,34)20-3-2-12-35-20)13-27-36(31,32)19-10-6-16(23)7-11-19/h2-12,18,27-30H,13-14H2,1H3/t18-,21+/m0/s1. The van der Waals surface area contributed by atoms with Crippen LogP contribution in [0.3, 0.4) is 0 Å². The molecule has 202 valence electrons. The molecule has 1 heterocycles. The van der Waals surface area contributed by atoms with Crippen LogP contribution in [0.1, 0.15) is 12.5 Å². The molecule has 0 radical (unpaired) electrons. The molecule has 0 unspecified atom stereocenters. The van der Waals surface area contributed by atoms with Gasteiger partial charge in [0.2, 0.25) is 20.0 Å². The van der Waals surface area contributed by atoms with Gasteiger partial charge in [-0.05, 0) is 60.3 Å². The Morgan fingerprint density at radius 2 is 1.46 bits per heavy atom. The van der Waals surface area contributed by atoms with Crippen LogP contribution in [-0.2, 0) is 25.6 Å². The summed E-state index contributed by atoms with van der Waals surface area (Å²) in [4.78, 5) is -0.217. The maximum atomic E-state index is 13.2. The summed E-state index contributed by atoms with van der Waals surface area (Å²) >= 11 is 0.979. The highest BCUT2D eigenvalue weighted by Crippen LogP contribution is 2.38. The number of halogens is 4. The van der Waals surface area contributed by atoms with Crippen molar-refractivity contribution >= 4 is 37.1 Å². The van der Waals surface area contributed by atoms with E-state index in [4.69, 9.17) is 0 Å². The van der Waals surface area contributed by atoms with Crippen LogP contribution >= 0.6 is 11.3 Å². The van der Waals surface area contributed by atoms with Gasteiger partial charge in [-0.1, -0.05) is 18.2 Å². The summed E-state index contributed by atoms with van der Waals surface area (Å²) in [5.74, 6) is -0.630. The highest BCUT2D eigenvalue weighted by molar-refractivity contribution is 7.91. The van der Waals surface area contributed by atoms with Crippen molar-refractivity contribution in [1.82, 2.24) is 9.44 Å². The maximum absolute atomic E-state index is 13.2. The molecule has 0 aliphatic rings. The summed E-state index contributed by atoms with van der Waals surface area (Å²) in [7, 11) is -8.00. The molecule has 0 fully saturated rings. The van der Waals surface area contributed by atoms with Gasteiger partial charge in [-0.2, -0.15) is 13.2 Å². The molecule has 8 nitrogen and oxygen atoms in total. The fourth-order valence-electron chi connectivity index (χ4n) is 3.07. The molecule has 15 heteroatoms. The molecular weight excluding hydrogens is 558 g/mol. The van der Waals surface area contributed by atoms with E-state index < -0.39 is 49.2 Å². The van der Waals surface area contributed by atoms with E-state index in [1.54, 1.807) is 11.4 Å². The summed E-state index contributed by atoms with van der Waals surface area (Å²) in [5.41, 5.74) is -3.27. The summed E-state index contributed by atoms with van der Waals surface area (Å²) in [5, 5.41) is 14.3. The van der Waals surface area contributed by atoms with Crippen molar-refractivity contribution in [3.63, 3.8) is 0 Å². The lowest BCUT2D eigenvalue weighted by Crippen LogP contribution is -2.44. The number of anilines is 1. The summed E-state index contributed by atoms with van der Waals surface area (Å²) in [6, 6.07) is 10.7. The minimum atomic E-state index is -4.91. The van der Waals surface area contributed by atoms with Crippen LogP contribution in [0.4, 0.5) is 23.2 Å². The normalized spacial score (nSPS) is 15.2. The minimum Gasteiger partial charge on any atom is -0.380 e. The van der Waals surface area contributed by atoms with Crippen LogP contribution in [0.25, 0.3) is 0 Å². The highest BCUT2D eigenvalue weighted by Gasteiger charge is 2.51.